The Bertz CT molecular complexity index is 789. The zero-order valence-corrected chi connectivity index (χ0v) is 12.4. The number of hydrogen-bond acceptors (Lipinski definition) is 6. The second-order valence-electron chi connectivity index (χ2n) is 4.50. The zero-order chi connectivity index (χ0) is 15.4. The van der Waals surface area contributed by atoms with E-state index in [9.17, 15) is 4.79 Å². The molecule has 3 rings (SSSR count). The summed E-state index contributed by atoms with van der Waals surface area (Å²) in [6.07, 6.45) is 0. The summed E-state index contributed by atoms with van der Waals surface area (Å²) >= 11 is 4.15. The van der Waals surface area contributed by atoms with Gasteiger partial charge in [0.05, 0.1) is 11.3 Å². The van der Waals surface area contributed by atoms with Crippen LogP contribution in [0.25, 0.3) is 5.69 Å². The van der Waals surface area contributed by atoms with Gasteiger partial charge in [-0.15, -0.1) is 17.7 Å². The summed E-state index contributed by atoms with van der Waals surface area (Å²) in [5.41, 5.74) is 2.01. The Hall–Kier alpha value is -2.67. The molecule has 22 heavy (non-hydrogen) atoms. The third-order valence-electron chi connectivity index (χ3n) is 2.99. The molecule has 0 bridgehead atoms. The van der Waals surface area contributed by atoms with E-state index in [2.05, 4.69) is 28.2 Å². The molecule has 0 spiro atoms. The fourth-order valence-corrected chi connectivity index (χ4v) is 2.12. The predicted molar refractivity (Wildman–Crippen MR) is 82.0 cm³/mol. The number of esters is 1. The largest absolute Gasteiger partial charge is 0.457 e. The van der Waals surface area contributed by atoms with Gasteiger partial charge in [-0.2, -0.15) is 4.68 Å². The Morgan fingerprint density at radius 3 is 2.68 bits per heavy atom. The van der Waals surface area contributed by atoms with Crippen molar-refractivity contribution in [3.63, 3.8) is 0 Å². The lowest BCUT2D eigenvalue weighted by Crippen LogP contribution is -2.07. The minimum atomic E-state index is -0.403. The highest BCUT2D eigenvalue weighted by atomic mass is 32.1. The van der Waals surface area contributed by atoms with Gasteiger partial charge in [-0.1, -0.05) is 36.4 Å². The van der Waals surface area contributed by atoms with Crippen LogP contribution in [0.1, 0.15) is 15.9 Å². The molecule has 3 aromatic rings. The van der Waals surface area contributed by atoms with Crippen LogP contribution >= 0.6 is 12.6 Å². The first-order valence-electron chi connectivity index (χ1n) is 6.53. The maximum atomic E-state index is 12.1. The molecule has 0 aliphatic heterocycles. The van der Waals surface area contributed by atoms with Crippen LogP contribution in [0, 0.1) is 0 Å². The number of aromatic nitrogens is 4. The summed E-state index contributed by atoms with van der Waals surface area (Å²) in [5.74, 6) is -0.403. The number of tetrazole rings is 1. The third kappa shape index (κ3) is 3.15. The molecule has 6 nitrogen and oxygen atoms in total. The molecular formula is C15H12N4O2S. The van der Waals surface area contributed by atoms with E-state index >= 15 is 0 Å². The normalized spacial score (nSPS) is 10.4. The van der Waals surface area contributed by atoms with Crippen LogP contribution in [-0.4, -0.2) is 26.2 Å². The van der Waals surface area contributed by atoms with Gasteiger partial charge in [0.25, 0.3) is 0 Å². The highest BCUT2D eigenvalue weighted by Gasteiger charge is 2.11. The van der Waals surface area contributed by atoms with E-state index in [0.717, 1.165) is 5.56 Å². The van der Waals surface area contributed by atoms with E-state index in [0.29, 0.717) is 16.4 Å². The number of hydrogen-bond donors (Lipinski definition) is 1. The van der Waals surface area contributed by atoms with Crippen LogP contribution in [0.5, 0.6) is 0 Å². The van der Waals surface area contributed by atoms with Crippen LogP contribution in [-0.2, 0) is 11.3 Å². The molecule has 0 fully saturated rings. The summed E-state index contributed by atoms with van der Waals surface area (Å²) in [5, 5.41) is 11.4. The van der Waals surface area contributed by atoms with E-state index in [1.54, 1.807) is 24.3 Å². The highest BCUT2D eigenvalue weighted by molar-refractivity contribution is 7.80. The van der Waals surface area contributed by atoms with Gasteiger partial charge in [-0.05, 0) is 34.2 Å². The van der Waals surface area contributed by atoms with Gasteiger partial charge in [0.15, 0.2) is 0 Å². The lowest BCUT2D eigenvalue weighted by Gasteiger charge is -2.07. The Morgan fingerprint density at radius 2 is 1.95 bits per heavy atom. The SMILES string of the molecule is O=C(OCc1ccccc1)c1cccc(-n2nnnc2S)c1. The monoisotopic (exact) mass is 312 g/mol. The number of nitrogens with zero attached hydrogens (tertiary/aromatic N) is 4. The summed E-state index contributed by atoms with van der Waals surface area (Å²) in [4.78, 5) is 12.1. The summed E-state index contributed by atoms with van der Waals surface area (Å²) in [6.45, 7) is 0.229. The van der Waals surface area contributed by atoms with Gasteiger partial charge in [-0.3, -0.25) is 0 Å². The molecule has 0 N–H and O–H groups in total. The van der Waals surface area contributed by atoms with Crippen molar-refractivity contribution in [2.45, 2.75) is 11.8 Å². The Labute approximate surface area is 132 Å². The van der Waals surface area contributed by atoms with Crippen molar-refractivity contribution in [3.05, 3.63) is 65.7 Å². The van der Waals surface area contributed by atoms with Gasteiger partial charge in [-0.25, -0.2) is 4.79 Å². The highest BCUT2D eigenvalue weighted by Crippen LogP contribution is 2.14. The Morgan fingerprint density at radius 1 is 1.14 bits per heavy atom. The molecule has 7 heteroatoms. The van der Waals surface area contributed by atoms with E-state index in [1.807, 2.05) is 30.3 Å². The van der Waals surface area contributed by atoms with Crippen molar-refractivity contribution in [3.8, 4) is 5.69 Å². The molecular weight excluding hydrogens is 300 g/mol. The van der Waals surface area contributed by atoms with Crippen molar-refractivity contribution in [2.75, 3.05) is 0 Å². The van der Waals surface area contributed by atoms with Gasteiger partial charge < -0.3 is 4.74 Å². The maximum absolute atomic E-state index is 12.1. The van der Waals surface area contributed by atoms with E-state index in [4.69, 9.17) is 4.74 Å². The quantitative estimate of drug-likeness (QED) is 0.591. The van der Waals surface area contributed by atoms with Crippen molar-refractivity contribution in [2.24, 2.45) is 0 Å². The molecule has 1 heterocycles. The standard InChI is InChI=1S/C15H12N4O2S/c20-14(21-10-11-5-2-1-3-6-11)12-7-4-8-13(9-12)19-15(22)16-17-18-19/h1-9H,10H2,(H,16,18,22). The van der Waals surface area contributed by atoms with Gasteiger partial charge >= 0.3 is 5.97 Å². The topological polar surface area (TPSA) is 69.9 Å². The first-order chi connectivity index (χ1) is 10.7. The van der Waals surface area contributed by atoms with Crippen molar-refractivity contribution >= 4 is 18.6 Å². The van der Waals surface area contributed by atoms with Crippen molar-refractivity contribution in [1.82, 2.24) is 20.2 Å². The number of rotatable bonds is 4. The zero-order valence-electron chi connectivity index (χ0n) is 11.5. The maximum Gasteiger partial charge on any atom is 0.338 e. The first kappa shape index (κ1) is 14.3. The predicted octanol–water partition coefficient (Wildman–Crippen LogP) is 2.31. The van der Waals surface area contributed by atoms with Crippen LogP contribution in [0.2, 0.25) is 0 Å². The molecule has 1 aromatic heterocycles. The average Bonchev–Trinajstić information content (AvgIpc) is 3.00. The van der Waals surface area contributed by atoms with Crippen molar-refractivity contribution < 1.29 is 9.53 Å². The molecule has 0 atom stereocenters. The molecule has 0 unspecified atom stereocenters. The molecule has 0 saturated heterocycles. The van der Waals surface area contributed by atoms with Crippen LogP contribution in [0.15, 0.2) is 59.8 Å². The fourth-order valence-electron chi connectivity index (χ4n) is 1.92. The molecule has 2 aromatic carbocycles. The molecule has 0 radical (unpaired) electrons. The number of benzene rings is 2. The third-order valence-corrected chi connectivity index (χ3v) is 3.27. The first-order valence-corrected chi connectivity index (χ1v) is 6.97. The summed E-state index contributed by atoms with van der Waals surface area (Å²) in [7, 11) is 0. The number of thiol groups is 1. The number of ether oxygens (including phenoxy) is 1. The molecule has 0 amide bonds. The van der Waals surface area contributed by atoms with E-state index in [-0.39, 0.29) is 6.61 Å². The number of carbonyl (C=O) groups is 1. The summed E-state index contributed by atoms with van der Waals surface area (Å²) in [6, 6.07) is 16.4. The van der Waals surface area contributed by atoms with Crippen LogP contribution in [0.4, 0.5) is 0 Å². The number of carbonyl (C=O) groups excluding carboxylic acids is 1. The molecule has 110 valence electrons. The summed E-state index contributed by atoms with van der Waals surface area (Å²) < 4.78 is 6.73. The van der Waals surface area contributed by atoms with Gasteiger partial charge in [0, 0.05) is 0 Å². The second kappa shape index (κ2) is 6.40. The molecule has 0 aliphatic carbocycles. The van der Waals surface area contributed by atoms with Crippen LogP contribution in [0.3, 0.4) is 0 Å². The smallest absolute Gasteiger partial charge is 0.338 e. The lowest BCUT2D eigenvalue weighted by molar-refractivity contribution is 0.0472. The van der Waals surface area contributed by atoms with Crippen LogP contribution < -0.4 is 0 Å². The van der Waals surface area contributed by atoms with E-state index in [1.165, 1.54) is 4.68 Å². The minimum absolute atomic E-state index is 0.229. The molecule has 0 aliphatic rings. The average molecular weight is 312 g/mol. The van der Waals surface area contributed by atoms with Crippen molar-refractivity contribution in [1.29, 1.82) is 0 Å². The van der Waals surface area contributed by atoms with Gasteiger partial charge in [0.2, 0.25) is 5.16 Å². The second-order valence-corrected chi connectivity index (χ2v) is 4.90. The molecule has 0 saturated carbocycles. The Balaban J connectivity index is 1.75. The minimum Gasteiger partial charge on any atom is -0.457 e. The lowest BCUT2D eigenvalue weighted by atomic mass is 10.2. The van der Waals surface area contributed by atoms with Gasteiger partial charge in [0.1, 0.15) is 6.61 Å². The van der Waals surface area contributed by atoms with E-state index < -0.39 is 5.97 Å². The Kier molecular flexibility index (Phi) is 4.15. The fraction of sp³-hybridized carbons (Fsp3) is 0.0667.